The van der Waals surface area contributed by atoms with Crippen molar-refractivity contribution in [2.45, 2.75) is 69.4 Å². The number of aromatic nitrogens is 4. The van der Waals surface area contributed by atoms with Crippen LogP contribution in [0.4, 0.5) is 0 Å². The Hall–Kier alpha value is -3.73. The van der Waals surface area contributed by atoms with Gasteiger partial charge in [0.05, 0.1) is 41.7 Å². The van der Waals surface area contributed by atoms with Crippen molar-refractivity contribution in [3.63, 3.8) is 0 Å². The number of H-pyrrole nitrogens is 1. The van der Waals surface area contributed by atoms with Gasteiger partial charge < -0.3 is 25.5 Å². The molecule has 2 aliphatic carbocycles. The van der Waals surface area contributed by atoms with Crippen molar-refractivity contribution >= 4 is 34.4 Å². The summed E-state index contributed by atoms with van der Waals surface area (Å²) in [6, 6.07) is 14.4. The summed E-state index contributed by atoms with van der Waals surface area (Å²) in [6.45, 7) is 4.14. The van der Waals surface area contributed by atoms with Crippen LogP contribution in [-0.4, -0.2) is 63.0 Å². The molecule has 2 aromatic heterocycles. The van der Waals surface area contributed by atoms with Crippen molar-refractivity contribution < 1.29 is 19.4 Å². The molecule has 4 aromatic rings. The largest absolute Gasteiger partial charge is 0.394 e. The lowest BCUT2D eigenvalue weighted by Gasteiger charge is -2.36. The standard InChI is InChI=1S/C35H43ClN6O4/c1-34(15-16-34)29(23-10-5-6-11-24(23)36)30(41-32(44)28-14-17-37-42(28)3)31-38-25-13-12-22(18-26(25)39-31)35(2,20-46-4)33(45)40-27(19-43)21-8-7-9-21/h5-6,10-14,17-18,21,27,29-30,43H,7-9,15-16,19-20H2,1-4H3,(H,38,39)(H,40,45)(H,41,44)/t27-,29-,30-,35?/m0/s1. The number of imidazole rings is 1. The van der Waals surface area contributed by atoms with E-state index in [2.05, 4.69) is 27.6 Å². The Morgan fingerprint density at radius 3 is 2.57 bits per heavy atom. The highest BCUT2D eigenvalue weighted by Gasteiger charge is 2.51. The lowest BCUT2D eigenvalue weighted by atomic mass is 9.78. The molecule has 2 amide bonds. The van der Waals surface area contributed by atoms with Gasteiger partial charge in [0.15, 0.2) is 0 Å². The lowest BCUT2D eigenvalue weighted by molar-refractivity contribution is -0.130. The minimum absolute atomic E-state index is 0.0985. The number of nitrogens with one attached hydrogen (secondary N) is 3. The third kappa shape index (κ3) is 6.06. The van der Waals surface area contributed by atoms with Crippen LogP contribution in [0.15, 0.2) is 54.7 Å². The van der Waals surface area contributed by atoms with E-state index in [0.717, 1.165) is 48.7 Å². The first kappa shape index (κ1) is 32.2. The normalized spacial score (nSPS) is 19.1. The molecular weight excluding hydrogens is 604 g/mol. The molecule has 4 atom stereocenters. The van der Waals surface area contributed by atoms with E-state index in [1.807, 2.05) is 49.4 Å². The van der Waals surface area contributed by atoms with Crippen LogP contribution in [0.3, 0.4) is 0 Å². The van der Waals surface area contributed by atoms with E-state index in [0.29, 0.717) is 22.1 Å². The maximum Gasteiger partial charge on any atom is 0.270 e. The first-order valence-electron chi connectivity index (χ1n) is 16.0. The van der Waals surface area contributed by atoms with Crippen LogP contribution >= 0.6 is 11.6 Å². The van der Waals surface area contributed by atoms with Crippen molar-refractivity contribution in [3.05, 3.63) is 82.4 Å². The van der Waals surface area contributed by atoms with Crippen molar-refractivity contribution in [1.82, 2.24) is 30.4 Å². The van der Waals surface area contributed by atoms with E-state index in [-0.39, 0.29) is 48.3 Å². The summed E-state index contributed by atoms with van der Waals surface area (Å²) in [6.07, 6.45) is 6.70. The number of benzene rings is 2. The average molecular weight is 647 g/mol. The van der Waals surface area contributed by atoms with Crippen LogP contribution in [0, 0.1) is 11.3 Å². The minimum atomic E-state index is -1.02. The van der Waals surface area contributed by atoms with Crippen LogP contribution in [-0.2, 0) is 22.0 Å². The number of aliphatic hydroxyl groups is 1. The zero-order valence-electron chi connectivity index (χ0n) is 26.8. The third-order valence-electron chi connectivity index (χ3n) is 10.3. The number of aryl methyl sites for hydroxylation is 1. The van der Waals surface area contributed by atoms with Crippen molar-refractivity contribution in [1.29, 1.82) is 0 Å². The summed E-state index contributed by atoms with van der Waals surface area (Å²) in [4.78, 5) is 36.0. The SMILES string of the molecule is COCC(C)(C(=O)N[C@@H](CO)C1CCC1)c1ccc2[nH]c([C@@H](NC(=O)c3ccnn3C)[C@H](c3ccccc3Cl)C3(C)CC3)nc2c1. The smallest absolute Gasteiger partial charge is 0.270 e. The van der Waals surface area contributed by atoms with Gasteiger partial charge in [-0.05, 0) is 79.3 Å². The molecule has 0 spiro atoms. The number of fused-ring (bicyclic) bond motifs is 1. The Labute approximate surface area is 274 Å². The van der Waals surface area contributed by atoms with Gasteiger partial charge in [-0.25, -0.2) is 4.98 Å². The predicted molar refractivity (Wildman–Crippen MR) is 177 cm³/mol. The number of carbonyl (C=O) groups is 2. The molecule has 0 aliphatic heterocycles. The number of ether oxygens (including phenoxy) is 1. The Morgan fingerprint density at radius 2 is 1.96 bits per heavy atom. The van der Waals surface area contributed by atoms with Crippen molar-refractivity contribution in [3.8, 4) is 0 Å². The number of amides is 2. The highest BCUT2D eigenvalue weighted by Crippen LogP contribution is 2.60. The van der Waals surface area contributed by atoms with E-state index < -0.39 is 11.5 Å². The van der Waals surface area contributed by atoms with Gasteiger partial charge in [-0.3, -0.25) is 14.3 Å². The fourth-order valence-electron chi connectivity index (χ4n) is 6.88. The van der Waals surface area contributed by atoms with Crippen LogP contribution in [0.1, 0.15) is 85.4 Å². The van der Waals surface area contributed by atoms with E-state index in [1.165, 1.54) is 0 Å². The van der Waals surface area contributed by atoms with E-state index in [9.17, 15) is 14.7 Å². The van der Waals surface area contributed by atoms with Gasteiger partial charge in [0.25, 0.3) is 5.91 Å². The summed E-state index contributed by atoms with van der Waals surface area (Å²) in [7, 11) is 3.32. The van der Waals surface area contributed by atoms with Gasteiger partial charge in [-0.15, -0.1) is 0 Å². The Bertz CT molecular complexity index is 1730. The molecule has 244 valence electrons. The van der Waals surface area contributed by atoms with Crippen LogP contribution in [0.2, 0.25) is 5.02 Å². The molecule has 2 heterocycles. The van der Waals surface area contributed by atoms with Gasteiger partial charge in [-0.1, -0.05) is 49.2 Å². The number of nitrogens with zero attached hydrogens (tertiary/aromatic N) is 3. The number of aliphatic hydroxyl groups excluding tert-OH is 1. The number of halogens is 1. The molecule has 11 heteroatoms. The summed E-state index contributed by atoms with van der Waals surface area (Å²) >= 11 is 6.81. The van der Waals surface area contributed by atoms with E-state index in [4.69, 9.17) is 21.3 Å². The molecule has 2 aliphatic rings. The maximum atomic E-state index is 13.8. The number of hydrogen-bond donors (Lipinski definition) is 4. The highest BCUT2D eigenvalue weighted by molar-refractivity contribution is 6.31. The first-order valence-corrected chi connectivity index (χ1v) is 16.4. The molecule has 0 bridgehead atoms. The molecule has 10 nitrogen and oxygen atoms in total. The molecule has 1 unspecified atom stereocenters. The fourth-order valence-corrected chi connectivity index (χ4v) is 7.13. The second-order valence-electron chi connectivity index (χ2n) is 13.5. The van der Waals surface area contributed by atoms with Gasteiger partial charge in [0.2, 0.25) is 5.91 Å². The second-order valence-corrected chi connectivity index (χ2v) is 13.9. The molecule has 4 N–H and O–H groups in total. The molecule has 0 radical (unpaired) electrons. The number of methoxy groups -OCH3 is 1. The molecule has 6 rings (SSSR count). The second kappa shape index (κ2) is 12.8. The molecule has 0 saturated heterocycles. The zero-order valence-corrected chi connectivity index (χ0v) is 27.6. The monoisotopic (exact) mass is 646 g/mol. The summed E-state index contributed by atoms with van der Waals surface area (Å²) in [5, 5.41) is 21.2. The number of hydrogen-bond acceptors (Lipinski definition) is 6. The lowest BCUT2D eigenvalue weighted by Crippen LogP contribution is -2.53. The minimum Gasteiger partial charge on any atom is -0.394 e. The Balaban J connectivity index is 1.39. The number of aromatic amines is 1. The van der Waals surface area contributed by atoms with E-state index in [1.54, 1.807) is 31.1 Å². The van der Waals surface area contributed by atoms with Crippen molar-refractivity contribution in [2.75, 3.05) is 20.3 Å². The first-order chi connectivity index (χ1) is 22.1. The molecule has 2 aromatic carbocycles. The van der Waals surface area contributed by atoms with Crippen LogP contribution < -0.4 is 10.6 Å². The Kier molecular flexibility index (Phi) is 8.98. The number of carbonyl (C=O) groups excluding carboxylic acids is 2. The van der Waals surface area contributed by atoms with Gasteiger partial charge in [0, 0.05) is 31.3 Å². The summed E-state index contributed by atoms with van der Waals surface area (Å²) < 4.78 is 7.11. The molecular formula is C35H43ClN6O4. The zero-order chi connectivity index (χ0) is 32.6. The van der Waals surface area contributed by atoms with Crippen LogP contribution in [0.25, 0.3) is 11.0 Å². The molecule has 2 fully saturated rings. The fraction of sp³-hybridized carbons (Fsp3) is 0.486. The predicted octanol–water partition coefficient (Wildman–Crippen LogP) is 5.19. The van der Waals surface area contributed by atoms with Gasteiger partial charge >= 0.3 is 0 Å². The Morgan fingerprint density at radius 1 is 1.20 bits per heavy atom. The van der Waals surface area contributed by atoms with Crippen LogP contribution in [0.5, 0.6) is 0 Å². The topological polar surface area (TPSA) is 134 Å². The molecule has 2 saturated carbocycles. The van der Waals surface area contributed by atoms with Gasteiger partial charge in [0.1, 0.15) is 11.5 Å². The average Bonchev–Trinajstić information content (AvgIpc) is 3.39. The quantitative estimate of drug-likeness (QED) is 0.158. The third-order valence-corrected chi connectivity index (χ3v) is 10.6. The summed E-state index contributed by atoms with van der Waals surface area (Å²) in [5.74, 6) is 0.266. The summed E-state index contributed by atoms with van der Waals surface area (Å²) in [5.41, 5.74) is 2.46. The maximum absolute atomic E-state index is 13.8. The number of rotatable bonds is 13. The highest BCUT2D eigenvalue weighted by atomic mass is 35.5. The van der Waals surface area contributed by atoms with E-state index >= 15 is 0 Å². The molecule has 46 heavy (non-hydrogen) atoms. The van der Waals surface area contributed by atoms with Gasteiger partial charge in [-0.2, -0.15) is 5.10 Å². The van der Waals surface area contributed by atoms with Crippen molar-refractivity contribution in [2.24, 2.45) is 18.4 Å².